The van der Waals surface area contributed by atoms with Crippen molar-refractivity contribution in [1.82, 2.24) is 10.2 Å². The van der Waals surface area contributed by atoms with Gasteiger partial charge in [0, 0.05) is 0 Å². The summed E-state index contributed by atoms with van der Waals surface area (Å²) in [6.45, 7) is 6.01. The van der Waals surface area contributed by atoms with Gasteiger partial charge in [-0.3, -0.25) is 10.1 Å². The van der Waals surface area contributed by atoms with E-state index in [-0.39, 0.29) is 12.5 Å². The van der Waals surface area contributed by atoms with E-state index in [1.165, 1.54) is 16.9 Å². The highest BCUT2D eigenvalue weighted by molar-refractivity contribution is 9.10. The summed E-state index contributed by atoms with van der Waals surface area (Å²) >= 11 is 4.79. The van der Waals surface area contributed by atoms with Gasteiger partial charge in [0.1, 0.15) is 10.8 Å². The smallest absolute Gasteiger partial charge is 0.264 e. The first-order valence-electron chi connectivity index (χ1n) is 6.48. The van der Waals surface area contributed by atoms with Crippen molar-refractivity contribution in [2.45, 2.75) is 26.7 Å². The molecule has 0 aliphatic heterocycles. The Kier molecular flexibility index (Phi) is 5.30. The van der Waals surface area contributed by atoms with Gasteiger partial charge in [-0.2, -0.15) is 0 Å². The molecule has 0 radical (unpaired) electrons. The summed E-state index contributed by atoms with van der Waals surface area (Å²) in [5, 5.41) is 11.6. The maximum atomic E-state index is 11.8. The molecule has 1 heterocycles. The number of nitrogens with zero attached hydrogens (tertiary/aromatic N) is 2. The number of ether oxygens (including phenoxy) is 1. The van der Waals surface area contributed by atoms with Gasteiger partial charge >= 0.3 is 0 Å². The lowest BCUT2D eigenvalue weighted by Crippen LogP contribution is -2.20. The Hall–Kier alpha value is -1.47. The van der Waals surface area contributed by atoms with E-state index in [1.54, 1.807) is 0 Å². The minimum atomic E-state index is -0.258. The second kappa shape index (κ2) is 7.00. The molecule has 0 atom stereocenters. The Balaban J connectivity index is 1.92. The number of anilines is 1. The van der Waals surface area contributed by atoms with Gasteiger partial charge in [0.15, 0.2) is 6.61 Å². The lowest BCUT2D eigenvalue weighted by atomic mass is 10.0. The van der Waals surface area contributed by atoms with Gasteiger partial charge < -0.3 is 4.74 Å². The van der Waals surface area contributed by atoms with Crippen LogP contribution in [0.2, 0.25) is 0 Å². The molecule has 0 saturated heterocycles. The molecular weight excluding hydrogens is 354 g/mol. The fourth-order valence-electron chi connectivity index (χ4n) is 1.64. The van der Waals surface area contributed by atoms with Gasteiger partial charge in [0.05, 0.1) is 4.47 Å². The Morgan fingerprint density at radius 1 is 1.43 bits per heavy atom. The van der Waals surface area contributed by atoms with Crippen molar-refractivity contribution >= 4 is 38.3 Å². The summed E-state index contributed by atoms with van der Waals surface area (Å²) in [5.74, 6) is 0.827. The van der Waals surface area contributed by atoms with Crippen LogP contribution < -0.4 is 10.1 Å². The Bertz CT molecular complexity index is 643. The first-order chi connectivity index (χ1) is 9.95. The average Bonchev–Trinajstić information content (AvgIpc) is 2.82. The number of carbonyl (C=O) groups excluding carboxylic acids is 1. The third-order valence-electron chi connectivity index (χ3n) is 2.75. The van der Waals surface area contributed by atoms with Gasteiger partial charge in [0.25, 0.3) is 5.91 Å². The molecule has 0 aliphatic carbocycles. The zero-order valence-corrected chi connectivity index (χ0v) is 14.4. The molecule has 0 bridgehead atoms. The number of rotatable bonds is 5. The molecule has 112 valence electrons. The number of amides is 1. The monoisotopic (exact) mass is 369 g/mol. The number of halogens is 1. The van der Waals surface area contributed by atoms with Crippen molar-refractivity contribution < 1.29 is 9.53 Å². The third kappa shape index (κ3) is 4.50. The number of aromatic nitrogens is 2. The molecule has 1 aromatic heterocycles. The van der Waals surface area contributed by atoms with Crippen molar-refractivity contribution in [1.29, 1.82) is 0 Å². The minimum Gasteiger partial charge on any atom is -0.483 e. The molecule has 1 aromatic carbocycles. The second-order valence-corrected chi connectivity index (χ2v) is 6.84. The maximum Gasteiger partial charge on any atom is 0.264 e. The number of aryl methyl sites for hydroxylation is 1. The van der Waals surface area contributed by atoms with E-state index in [4.69, 9.17) is 4.74 Å². The molecular formula is C14H16BrN3O2S. The molecule has 0 fully saturated rings. The van der Waals surface area contributed by atoms with Crippen molar-refractivity contribution in [2.75, 3.05) is 11.9 Å². The molecule has 2 aromatic rings. The first kappa shape index (κ1) is 15.9. The van der Waals surface area contributed by atoms with Crippen LogP contribution in [0.4, 0.5) is 5.13 Å². The summed E-state index contributed by atoms with van der Waals surface area (Å²) in [6, 6.07) is 5.87. The normalized spacial score (nSPS) is 10.7. The van der Waals surface area contributed by atoms with Crippen molar-refractivity contribution in [3.8, 4) is 5.75 Å². The summed E-state index contributed by atoms with van der Waals surface area (Å²) in [5.41, 5.74) is 1.21. The first-order valence-corrected chi connectivity index (χ1v) is 8.09. The summed E-state index contributed by atoms with van der Waals surface area (Å²) in [4.78, 5) is 11.8. The zero-order valence-electron chi connectivity index (χ0n) is 12.0. The lowest BCUT2D eigenvalue weighted by Gasteiger charge is -2.11. The van der Waals surface area contributed by atoms with Crippen LogP contribution in [0.15, 0.2) is 22.7 Å². The van der Waals surface area contributed by atoms with Gasteiger partial charge in [-0.05, 0) is 46.5 Å². The molecule has 0 aliphatic rings. The van der Waals surface area contributed by atoms with Crippen molar-refractivity contribution in [2.24, 2.45) is 0 Å². The number of hydrogen-bond donors (Lipinski definition) is 1. The molecule has 1 amide bonds. The quantitative estimate of drug-likeness (QED) is 0.871. The highest BCUT2D eigenvalue weighted by Gasteiger charge is 2.10. The van der Waals surface area contributed by atoms with E-state index in [1.807, 2.05) is 25.1 Å². The fourth-order valence-corrected chi connectivity index (χ4v) is 2.76. The van der Waals surface area contributed by atoms with Crippen LogP contribution >= 0.6 is 27.3 Å². The Morgan fingerprint density at radius 3 is 2.76 bits per heavy atom. The highest BCUT2D eigenvalue weighted by atomic mass is 79.9. The van der Waals surface area contributed by atoms with E-state index in [0.717, 1.165) is 9.48 Å². The number of nitrogens with one attached hydrogen (secondary N) is 1. The minimum absolute atomic E-state index is 0.0712. The van der Waals surface area contributed by atoms with Crippen LogP contribution in [-0.2, 0) is 4.79 Å². The molecule has 5 nitrogen and oxygen atoms in total. The van der Waals surface area contributed by atoms with Crippen molar-refractivity contribution in [3.63, 3.8) is 0 Å². The Labute approximate surface area is 135 Å². The number of hydrogen-bond acceptors (Lipinski definition) is 5. The van der Waals surface area contributed by atoms with E-state index in [0.29, 0.717) is 16.8 Å². The zero-order chi connectivity index (χ0) is 15.4. The lowest BCUT2D eigenvalue weighted by molar-refractivity contribution is -0.118. The fraction of sp³-hybridized carbons (Fsp3) is 0.357. The summed E-state index contributed by atoms with van der Waals surface area (Å²) in [7, 11) is 0. The highest BCUT2D eigenvalue weighted by Crippen LogP contribution is 2.28. The molecule has 1 N–H and O–H groups in total. The maximum absolute atomic E-state index is 11.8. The van der Waals surface area contributed by atoms with Crippen LogP contribution in [0.3, 0.4) is 0 Å². The van der Waals surface area contributed by atoms with Gasteiger partial charge in [-0.25, -0.2) is 0 Å². The topological polar surface area (TPSA) is 64.1 Å². The summed E-state index contributed by atoms with van der Waals surface area (Å²) in [6.07, 6.45) is 0. The predicted octanol–water partition coefficient (Wildman–Crippen LogP) is 3.75. The van der Waals surface area contributed by atoms with Gasteiger partial charge in [-0.1, -0.05) is 31.3 Å². The van der Waals surface area contributed by atoms with E-state index in [9.17, 15) is 4.79 Å². The van der Waals surface area contributed by atoms with Crippen LogP contribution in [0, 0.1) is 6.92 Å². The molecule has 0 saturated carbocycles. The Morgan fingerprint density at radius 2 is 2.19 bits per heavy atom. The molecule has 0 unspecified atom stereocenters. The number of carbonyl (C=O) groups is 1. The molecule has 0 spiro atoms. The second-order valence-electron chi connectivity index (χ2n) is 4.81. The van der Waals surface area contributed by atoms with Crippen LogP contribution in [0.25, 0.3) is 0 Å². The van der Waals surface area contributed by atoms with E-state index in [2.05, 4.69) is 45.3 Å². The number of benzene rings is 1. The molecule has 21 heavy (non-hydrogen) atoms. The molecule has 2 rings (SSSR count). The largest absolute Gasteiger partial charge is 0.483 e. The van der Waals surface area contributed by atoms with Crippen molar-refractivity contribution in [3.05, 3.63) is 33.2 Å². The average molecular weight is 370 g/mol. The van der Waals surface area contributed by atoms with E-state index >= 15 is 0 Å². The van der Waals surface area contributed by atoms with Gasteiger partial charge in [0.2, 0.25) is 5.13 Å². The van der Waals surface area contributed by atoms with Crippen LogP contribution in [-0.4, -0.2) is 22.7 Å². The SMILES string of the molecule is Cc1nnc(NC(=O)COc2ccc(C(C)C)cc2Br)s1. The van der Waals surface area contributed by atoms with E-state index < -0.39 is 0 Å². The third-order valence-corrected chi connectivity index (χ3v) is 4.13. The van der Waals surface area contributed by atoms with Crippen LogP contribution in [0.5, 0.6) is 5.75 Å². The summed E-state index contributed by atoms with van der Waals surface area (Å²) < 4.78 is 6.35. The van der Waals surface area contributed by atoms with Crippen LogP contribution in [0.1, 0.15) is 30.3 Å². The predicted molar refractivity (Wildman–Crippen MR) is 87.0 cm³/mol. The van der Waals surface area contributed by atoms with Gasteiger partial charge in [-0.15, -0.1) is 10.2 Å². The standard InChI is InChI=1S/C14H16BrN3O2S/c1-8(2)10-4-5-12(11(15)6-10)20-7-13(19)16-14-18-17-9(3)21-14/h4-6,8H,7H2,1-3H3,(H,16,18,19). The molecule has 7 heteroatoms.